The van der Waals surface area contributed by atoms with Crippen LogP contribution in [-0.2, 0) is 11.2 Å². The molecule has 3 nitrogen and oxygen atoms in total. The average molecular weight is 192 g/mol. The quantitative estimate of drug-likeness (QED) is 0.434. The lowest BCUT2D eigenvalue weighted by Gasteiger charge is -2.11. The Kier molecular flexibility index (Phi) is 3.25. The minimum absolute atomic E-state index is 0.0723. The predicted octanol–water partition coefficient (Wildman–Crippen LogP) is 1.18. The number of nitrogens with zero attached hydrogens (tertiary/aromatic N) is 1. The third-order valence-electron chi connectivity index (χ3n) is 2.23. The molecule has 0 atom stereocenters. The lowest BCUT2D eigenvalue weighted by Crippen LogP contribution is -2.34. The molecule has 0 saturated carbocycles. The maximum Gasteiger partial charge on any atom is 0.240 e. The van der Waals surface area contributed by atoms with Crippen LogP contribution in [0.2, 0.25) is 0 Å². The van der Waals surface area contributed by atoms with E-state index in [-0.39, 0.29) is 5.91 Å². The van der Waals surface area contributed by atoms with Crippen LogP contribution in [0.25, 0.3) is 0 Å². The largest absolute Gasteiger partial charge is 0.284 e. The highest BCUT2D eigenvalue weighted by atomic mass is 16.2. The topological polar surface area (TPSA) is 46.3 Å². The Labute approximate surface area is 84.5 Å². The lowest BCUT2D eigenvalue weighted by atomic mass is 10.0. The van der Waals surface area contributed by atoms with Crippen LogP contribution in [0.4, 0.5) is 0 Å². The second-order valence-corrected chi connectivity index (χ2v) is 3.61. The molecule has 1 rings (SSSR count). The molecule has 2 N–H and O–H groups in total. The van der Waals surface area contributed by atoms with Crippen molar-refractivity contribution in [3.05, 3.63) is 34.9 Å². The zero-order valence-corrected chi connectivity index (χ0v) is 8.87. The van der Waals surface area contributed by atoms with Gasteiger partial charge in [-0.15, -0.1) is 0 Å². The highest BCUT2D eigenvalue weighted by Gasteiger charge is 2.07. The molecule has 0 saturated heterocycles. The molecule has 14 heavy (non-hydrogen) atoms. The molecule has 3 heteroatoms. The molecule has 1 aromatic rings. The third kappa shape index (κ3) is 2.57. The minimum atomic E-state index is -0.0723. The Morgan fingerprint density at radius 1 is 1.43 bits per heavy atom. The van der Waals surface area contributed by atoms with Gasteiger partial charge in [0, 0.05) is 7.05 Å². The van der Waals surface area contributed by atoms with Crippen LogP contribution in [0, 0.1) is 13.8 Å². The lowest BCUT2D eigenvalue weighted by molar-refractivity contribution is -0.129. The molecule has 0 aliphatic carbocycles. The number of rotatable bonds is 2. The highest BCUT2D eigenvalue weighted by molar-refractivity contribution is 5.78. The van der Waals surface area contributed by atoms with Crippen molar-refractivity contribution in [2.75, 3.05) is 7.05 Å². The van der Waals surface area contributed by atoms with Crippen LogP contribution >= 0.6 is 0 Å². The molecule has 0 fully saturated rings. The van der Waals surface area contributed by atoms with Crippen molar-refractivity contribution in [1.29, 1.82) is 0 Å². The van der Waals surface area contributed by atoms with E-state index in [0.717, 1.165) is 16.1 Å². The number of carbonyl (C=O) groups excluding carboxylic acids is 1. The first-order chi connectivity index (χ1) is 6.50. The number of nitrogens with two attached hydrogens (primary N) is 1. The summed E-state index contributed by atoms with van der Waals surface area (Å²) in [5.41, 5.74) is 3.39. The Morgan fingerprint density at radius 3 is 2.57 bits per heavy atom. The maximum atomic E-state index is 11.4. The second kappa shape index (κ2) is 4.24. The monoisotopic (exact) mass is 192 g/mol. The fraction of sp³-hybridized carbons (Fsp3) is 0.364. The van der Waals surface area contributed by atoms with Gasteiger partial charge >= 0.3 is 0 Å². The van der Waals surface area contributed by atoms with Gasteiger partial charge in [0.05, 0.1) is 6.42 Å². The molecule has 0 bridgehead atoms. The molecule has 0 aliphatic rings. The molecule has 1 aromatic carbocycles. The van der Waals surface area contributed by atoms with Gasteiger partial charge in [-0.05, 0) is 25.0 Å². The summed E-state index contributed by atoms with van der Waals surface area (Å²) in [6.45, 7) is 4.04. The fourth-order valence-corrected chi connectivity index (χ4v) is 1.33. The Morgan fingerprint density at radius 2 is 2.07 bits per heavy atom. The Bertz CT molecular complexity index is 345. The molecule has 1 amide bonds. The number of aryl methyl sites for hydroxylation is 2. The second-order valence-electron chi connectivity index (χ2n) is 3.61. The minimum Gasteiger partial charge on any atom is -0.284 e. The molecule has 0 spiro atoms. The molecule has 0 aromatic heterocycles. The summed E-state index contributed by atoms with van der Waals surface area (Å²) in [5, 5.41) is 1.12. The van der Waals surface area contributed by atoms with Gasteiger partial charge in [0.15, 0.2) is 0 Å². The summed E-state index contributed by atoms with van der Waals surface area (Å²) < 4.78 is 0. The van der Waals surface area contributed by atoms with E-state index in [1.807, 2.05) is 26.0 Å². The van der Waals surface area contributed by atoms with E-state index in [1.165, 1.54) is 5.56 Å². The van der Waals surface area contributed by atoms with E-state index < -0.39 is 0 Å². The summed E-state index contributed by atoms with van der Waals surface area (Å²) in [5.74, 6) is 5.28. The van der Waals surface area contributed by atoms with Crippen LogP contribution in [0.15, 0.2) is 18.2 Å². The molecule has 76 valence electrons. The van der Waals surface area contributed by atoms with E-state index in [4.69, 9.17) is 5.84 Å². The molecule has 0 aliphatic heterocycles. The molecule has 0 unspecified atom stereocenters. The number of hydrogen-bond acceptors (Lipinski definition) is 2. The summed E-state index contributed by atoms with van der Waals surface area (Å²) in [6.07, 6.45) is 0.374. The number of hydrogen-bond donors (Lipinski definition) is 1. The van der Waals surface area contributed by atoms with Crippen molar-refractivity contribution >= 4 is 5.91 Å². The Balaban J connectivity index is 2.82. The molecular formula is C11H16N2O. The third-order valence-corrected chi connectivity index (χ3v) is 2.23. The summed E-state index contributed by atoms with van der Waals surface area (Å²) in [6, 6.07) is 6.05. The molecule has 0 heterocycles. The van der Waals surface area contributed by atoms with Crippen molar-refractivity contribution in [1.82, 2.24) is 5.01 Å². The van der Waals surface area contributed by atoms with Crippen molar-refractivity contribution in [2.24, 2.45) is 5.84 Å². The van der Waals surface area contributed by atoms with Gasteiger partial charge in [0.25, 0.3) is 0 Å². The van der Waals surface area contributed by atoms with Crippen LogP contribution in [0.3, 0.4) is 0 Å². The first-order valence-electron chi connectivity index (χ1n) is 4.58. The maximum absolute atomic E-state index is 11.4. The van der Waals surface area contributed by atoms with E-state index in [1.54, 1.807) is 7.05 Å². The summed E-state index contributed by atoms with van der Waals surface area (Å²) >= 11 is 0. The van der Waals surface area contributed by atoms with E-state index in [0.29, 0.717) is 6.42 Å². The standard InChI is InChI=1S/C11H16N2O/c1-8-4-5-10(9(2)6-8)7-11(14)13(3)12/h4-6H,7,12H2,1-3H3. The Hall–Kier alpha value is -1.35. The molecule has 0 radical (unpaired) electrons. The number of hydrazine groups is 1. The zero-order chi connectivity index (χ0) is 10.7. The van der Waals surface area contributed by atoms with Crippen LogP contribution in [-0.4, -0.2) is 18.0 Å². The predicted molar refractivity (Wildman–Crippen MR) is 56.6 cm³/mol. The summed E-state index contributed by atoms with van der Waals surface area (Å²) in [4.78, 5) is 11.4. The first kappa shape index (κ1) is 10.7. The highest BCUT2D eigenvalue weighted by Crippen LogP contribution is 2.11. The van der Waals surface area contributed by atoms with Crippen molar-refractivity contribution in [2.45, 2.75) is 20.3 Å². The fourth-order valence-electron chi connectivity index (χ4n) is 1.33. The van der Waals surface area contributed by atoms with E-state index in [9.17, 15) is 4.79 Å². The average Bonchev–Trinajstić information content (AvgIpc) is 2.09. The van der Waals surface area contributed by atoms with Gasteiger partial charge in [-0.25, -0.2) is 5.84 Å². The normalized spacial score (nSPS) is 10.0. The first-order valence-corrected chi connectivity index (χ1v) is 4.58. The van der Waals surface area contributed by atoms with Gasteiger partial charge in [-0.2, -0.15) is 0 Å². The zero-order valence-electron chi connectivity index (χ0n) is 8.87. The van der Waals surface area contributed by atoms with Crippen LogP contribution in [0.1, 0.15) is 16.7 Å². The number of likely N-dealkylation sites (N-methyl/N-ethyl adjacent to an activating group) is 1. The van der Waals surface area contributed by atoms with Crippen molar-refractivity contribution in [3.8, 4) is 0 Å². The van der Waals surface area contributed by atoms with Crippen LogP contribution in [0.5, 0.6) is 0 Å². The van der Waals surface area contributed by atoms with Crippen molar-refractivity contribution < 1.29 is 4.79 Å². The number of benzene rings is 1. The summed E-state index contributed by atoms with van der Waals surface area (Å²) in [7, 11) is 1.56. The smallest absolute Gasteiger partial charge is 0.240 e. The number of carbonyl (C=O) groups is 1. The van der Waals surface area contributed by atoms with Gasteiger partial charge in [-0.1, -0.05) is 23.8 Å². The van der Waals surface area contributed by atoms with Crippen LogP contribution < -0.4 is 5.84 Å². The van der Waals surface area contributed by atoms with E-state index >= 15 is 0 Å². The van der Waals surface area contributed by atoms with Gasteiger partial charge in [-0.3, -0.25) is 9.80 Å². The van der Waals surface area contributed by atoms with Gasteiger partial charge in [0.1, 0.15) is 0 Å². The SMILES string of the molecule is Cc1ccc(CC(=O)N(C)N)c(C)c1. The molecular weight excluding hydrogens is 176 g/mol. The van der Waals surface area contributed by atoms with Crippen molar-refractivity contribution in [3.63, 3.8) is 0 Å². The van der Waals surface area contributed by atoms with Gasteiger partial charge in [0.2, 0.25) is 5.91 Å². The number of amides is 1. The van der Waals surface area contributed by atoms with E-state index in [2.05, 4.69) is 6.07 Å². The van der Waals surface area contributed by atoms with Gasteiger partial charge < -0.3 is 0 Å².